The summed E-state index contributed by atoms with van der Waals surface area (Å²) >= 11 is 0. The average molecular weight is 466 g/mol. The predicted octanol–water partition coefficient (Wildman–Crippen LogP) is 0.419. The van der Waals surface area contributed by atoms with Crippen molar-refractivity contribution in [2.24, 2.45) is 11.5 Å². The number of carboxylic acid groups (broad SMARTS) is 1. The van der Waals surface area contributed by atoms with E-state index in [0.29, 0.717) is 13.0 Å². The summed E-state index contributed by atoms with van der Waals surface area (Å²) in [6.45, 7) is 0.604. The SMILES string of the molecule is NCCCC[C@H](N)C(=O)O.O=C1c2c(O)cc(O)cc2OC(c2cc(O)c(O)c(O)c2)C1O. The molecule has 0 saturated carbocycles. The third kappa shape index (κ3) is 5.94. The molecule has 1 aliphatic heterocycles. The highest BCUT2D eigenvalue weighted by Gasteiger charge is 2.39. The van der Waals surface area contributed by atoms with Gasteiger partial charge in [0.05, 0.1) is 0 Å². The maximum Gasteiger partial charge on any atom is 0.320 e. The van der Waals surface area contributed by atoms with Gasteiger partial charge in [0.2, 0.25) is 5.78 Å². The first-order chi connectivity index (χ1) is 15.5. The third-order valence-electron chi connectivity index (χ3n) is 4.83. The summed E-state index contributed by atoms with van der Waals surface area (Å²) in [4.78, 5) is 22.4. The lowest BCUT2D eigenvalue weighted by molar-refractivity contribution is -0.138. The Labute approximate surface area is 187 Å². The number of benzene rings is 2. The van der Waals surface area contributed by atoms with Crippen molar-refractivity contribution in [1.82, 2.24) is 0 Å². The first kappa shape index (κ1) is 25.5. The van der Waals surface area contributed by atoms with Gasteiger partial charge < -0.3 is 51.9 Å². The summed E-state index contributed by atoms with van der Waals surface area (Å²) in [7, 11) is 0. The Kier molecular flexibility index (Phi) is 8.29. The molecule has 3 rings (SSSR count). The van der Waals surface area contributed by atoms with Crippen molar-refractivity contribution in [3.63, 3.8) is 0 Å². The quantitative estimate of drug-likeness (QED) is 0.208. The fourth-order valence-corrected chi connectivity index (χ4v) is 3.09. The van der Waals surface area contributed by atoms with Crippen LogP contribution in [0.15, 0.2) is 24.3 Å². The van der Waals surface area contributed by atoms with Crippen LogP contribution in [0.5, 0.6) is 34.5 Å². The highest BCUT2D eigenvalue weighted by molar-refractivity contribution is 6.05. The van der Waals surface area contributed by atoms with E-state index in [9.17, 15) is 40.2 Å². The summed E-state index contributed by atoms with van der Waals surface area (Å²) in [5.74, 6) is -4.89. The zero-order valence-electron chi connectivity index (χ0n) is 17.4. The van der Waals surface area contributed by atoms with E-state index in [4.69, 9.17) is 21.3 Å². The molecule has 3 atom stereocenters. The topological polar surface area (TPSA) is 237 Å². The van der Waals surface area contributed by atoms with Crippen LogP contribution in [0.25, 0.3) is 0 Å². The van der Waals surface area contributed by atoms with E-state index in [2.05, 4.69) is 0 Å². The number of hydrogen-bond acceptors (Lipinski definition) is 11. The molecular weight excluding hydrogens is 440 g/mol. The Morgan fingerprint density at radius 2 is 1.61 bits per heavy atom. The Bertz CT molecular complexity index is 1000. The van der Waals surface area contributed by atoms with Crippen molar-refractivity contribution >= 4 is 11.8 Å². The molecule has 0 aromatic heterocycles. The molecule has 0 aliphatic carbocycles. The van der Waals surface area contributed by atoms with Crippen LogP contribution in [0.4, 0.5) is 0 Å². The number of carboxylic acids is 1. The summed E-state index contributed by atoms with van der Waals surface area (Å²) < 4.78 is 5.42. The number of Topliss-reactive ketones (excluding diaryl/α,β-unsaturated/α-hetero) is 1. The van der Waals surface area contributed by atoms with Crippen LogP contribution in [0.2, 0.25) is 0 Å². The predicted molar refractivity (Wildman–Crippen MR) is 113 cm³/mol. The number of aliphatic hydroxyl groups excluding tert-OH is 1. The molecule has 1 heterocycles. The number of aliphatic carboxylic acids is 1. The molecule has 2 aromatic rings. The Hall–Kier alpha value is -3.74. The van der Waals surface area contributed by atoms with E-state index < -0.39 is 53.0 Å². The van der Waals surface area contributed by atoms with Crippen molar-refractivity contribution in [1.29, 1.82) is 0 Å². The van der Waals surface area contributed by atoms with Gasteiger partial charge in [-0.15, -0.1) is 0 Å². The molecule has 0 amide bonds. The lowest BCUT2D eigenvalue weighted by Crippen LogP contribution is -2.36. The molecule has 0 fully saturated rings. The normalized spacial score (nSPS) is 17.8. The molecule has 2 unspecified atom stereocenters. The van der Waals surface area contributed by atoms with Gasteiger partial charge in [-0.25, -0.2) is 0 Å². The number of ketones is 1. The lowest BCUT2D eigenvalue weighted by atomic mass is 9.92. The Balaban J connectivity index is 0.000000328. The number of carbonyl (C=O) groups is 2. The van der Waals surface area contributed by atoms with Gasteiger partial charge in [0, 0.05) is 17.7 Å². The molecule has 33 heavy (non-hydrogen) atoms. The summed E-state index contributed by atoms with van der Waals surface area (Å²) in [5, 5.41) is 66.0. The average Bonchev–Trinajstić information content (AvgIpc) is 2.74. The lowest BCUT2D eigenvalue weighted by Gasteiger charge is -2.30. The Morgan fingerprint density at radius 3 is 2.15 bits per heavy atom. The van der Waals surface area contributed by atoms with Crippen LogP contribution in [0.3, 0.4) is 0 Å². The van der Waals surface area contributed by atoms with Gasteiger partial charge in [-0.05, 0) is 31.5 Å². The minimum atomic E-state index is -1.72. The number of unbranched alkanes of at least 4 members (excludes halogenated alkanes) is 1. The monoisotopic (exact) mass is 466 g/mol. The van der Waals surface area contributed by atoms with Gasteiger partial charge in [-0.3, -0.25) is 9.59 Å². The standard InChI is InChI=1S/C15H12O8.C6H14N2O2/c16-6-3-7(17)11-10(4-6)23-15(14(22)13(11)21)5-1-8(18)12(20)9(19)2-5;7-4-2-1-3-5(8)6(9)10/h1-4,14-20,22H;5H,1-4,7-8H2,(H,9,10)/t;5-/m.0/s1. The number of aromatic hydroxyl groups is 5. The zero-order chi connectivity index (χ0) is 24.9. The highest BCUT2D eigenvalue weighted by Crippen LogP contribution is 2.44. The number of ether oxygens (including phenoxy) is 1. The second kappa shape index (κ2) is 10.7. The van der Waals surface area contributed by atoms with Gasteiger partial charge in [0.15, 0.2) is 29.5 Å². The van der Waals surface area contributed by atoms with E-state index in [-0.39, 0.29) is 22.6 Å². The maximum atomic E-state index is 12.2. The summed E-state index contributed by atoms with van der Waals surface area (Å²) in [6, 6.07) is 3.34. The molecule has 180 valence electrons. The van der Waals surface area contributed by atoms with Gasteiger partial charge in [0.1, 0.15) is 28.9 Å². The van der Waals surface area contributed by atoms with Gasteiger partial charge in [0.25, 0.3) is 0 Å². The largest absolute Gasteiger partial charge is 0.508 e. The van der Waals surface area contributed by atoms with Crippen molar-refractivity contribution < 1.29 is 50.1 Å². The van der Waals surface area contributed by atoms with Crippen LogP contribution in [-0.2, 0) is 4.79 Å². The number of rotatable bonds is 6. The summed E-state index contributed by atoms with van der Waals surface area (Å²) in [5.41, 5.74) is 10.2. The smallest absolute Gasteiger partial charge is 0.320 e. The van der Waals surface area contributed by atoms with Crippen molar-refractivity contribution in [2.75, 3.05) is 6.54 Å². The van der Waals surface area contributed by atoms with Crippen LogP contribution >= 0.6 is 0 Å². The fraction of sp³-hybridized carbons (Fsp3) is 0.333. The molecule has 0 spiro atoms. The molecule has 1 aliphatic rings. The number of nitrogens with two attached hydrogens (primary N) is 2. The summed E-state index contributed by atoms with van der Waals surface area (Å²) in [6.07, 6.45) is -0.868. The molecule has 0 radical (unpaired) electrons. The first-order valence-corrected chi connectivity index (χ1v) is 9.86. The van der Waals surface area contributed by atoms with Gasteiger partial charge in [-0.1, -0.05) is 6.42 Å². The van der Waals surface area contributed by atoms with Gasteiger partial charge in [-0.2, -0.15) is 0 Å². The van der Waals surface area contributed by atoms with Crippen LogP contribution < -0.4 is 16.2 Å². The van der Waals surface area contributed by atoms with Crippen LogP contribution in [-0.4, -0.2) is 66.2 Å². The first-order valence-electron chi connectivity index (χ1n) is 9.86. The number of phenols is 5. The third-order valence-corrected chi connectivity index (χ3v) is 4.83. The number of carbonyl (C=O) groups excluding carboxylic acids is 1. The van der Waals surface area contributed by atoms with Crippen molar-refractivity contribution in [3.8, 4) is 34.5 Å². The highest BCUT2D eigenvalue weighted by atomic mass is 16.5. The molecule has 0 saturated heterocycles. The number of phenolic OH excluding ortho intramolecular Hbond substituents is 5. The van der Waals surface area contributed by atoms with E-state index in [1.807, 2.05) is 0 Å². The second-order valence-electron chi connectivity index (χ2n) is 7.32. The minimum absolute atomic E-state index is 0.0205. The molecule has 12 nitrogen and oxygen atoms in total. The van der Waals surface area contributed by atoms with E-state index in [1.54, 1.807) is 0 Å². The van der Waals surface area contributed by atoms with E-state index in [1.165, 1.54) is 0 Å². The fourth-order valence-electron chi connectivity index (χ4n) is 3.09. The van der Waals surface area contributed by atoms with Crippen LogP contribution in [0.1, 0.15) is 41.3 Å². The number of aliphatic hydroxyl groups is 1. The molecule has 11 N–H and O–H groups in total. The molecular formula is C21H26N2O10. The zero-order valence-corrected chi connectivity index (χ0v) is 17.4. The molecule has 0 bridgehead atoms. The van der Waals surface area contributed by atoms with Gasteiger partial charge >= 0.3 is 5.97 Å². The maximum absolute atomic E-state index is 12.2. The van der Waals surface area contributed by atoms with E-state index in [0.717, 1.165) is 37.1 Å². The Morgan fingerprint density at radius 1 is 1.00 bits per heavy atom. The number of fused-ring (bicyclic) bond motifs is 1. The van der Waals surface area contributed by atoms with Crippen molar-refractivity contribution in [2.45, 2.75) is 37.5 Å². The minimum Gasteiger partial charge on any atom is -0.508 e. The number of hydrogen-bond donors (Lipinski definition) is 9. The van der Waals surface area contributed by atoms with Crippen LogP contribution in [0, 0.1) is 0 Å². The van der Waals surface area contributed by atoms with Crippen molar-refractivity contribution in [3.05, 3.63) is 35.4 Å². The van der Waals surface area contributed by atoms with E-state index >= 15 is 0 Å². The molecule has 12 heteroatoms. The molecule has 2 aromatic carbocycles. The second-order valence-corrected chi connectivity index (χ2v) is 7.32.